The van der Waals surface area contributed by atoms with E-state index in [9.17, 15) is 26.4 Å². The average Bonchev–Trinajstić information content (AvgIpc) is 3.13. The highest BCUT2D eigenvalue weighted by Crippen LogP contribution is 2.36. The zero-order chi connectivity index (χ0) is 22.8. The molecule has 0 unspecified atom stereocenters. The fraction of sp³-hybridized carbons (Fsp3) is 0.222. The summed E-state index contributed by atoms with van der Waals surface area (Å²) >= 11 is 5.90. The number of fused-ring (bicyclic) bond motifs is 1. The Balaban J connectivity index is 1.75. The summed E-state index contributed by atoms with van der Waals surface area (Å²) in [6.07, 6.45) is -2.70. The molecular formula is C18H15ClF3N3O5S. The number of amides is 1. The third-order valence-electron chi connectivity index (χ3n) is 4.03. The first kappa shape index (κ1) is 22.7. The number of ether oxygens (including phenoxy) is 2. The predicted octanol–water partition coefficient (Wildman–Crippen LogP) is 3.00. The number of nitrogens with one attached hydrogen (secondary N) is 1. The number of hydrogen-bond acceptors (Lipinski definition) is 6. The molecule has 166 valence electrons. The number of alkyl halides is 3. The van der Waals surface area contributed by atoms with Gasteiger partial charge in [0.2, 0.25) is 16.8 Å². The fourth-order valence-corrected chi connectivity index (χ4v) is 3.73. The lowest BCUT2D eigenvalue weighted by atomic mass is 10.2. The molecule has 0 aliphatic carbocycles. The van der Waals surface area contributed by atoms with Crippen LogP contribution >= 0.6 is 11.6 Å². The molecule has 1 aliphatic heterocycles. The molecule has 0 saturated carbocycles. The van der Waals surface area contributed by atoms with Gasteiger partial charge < -0.3 is 9.47 Å². The van der Waals surface area contributed by atoms with Gasteiger partial charge in [-0.3, -0.25) is 9.10 Å². The van der Waals surface area contributed by atoms with E-state index in [1.807, 2.05) is 0 Å². The van der Waals surface area contributed by atoms with Crippen molar-refractivity contribution in [1.82, 2.24) is 5.43 Å². The van der Waals surface area contributed by atoms with Crippen LogP contribution in [-0.2, 0) is 21.0 Å². The van der Waals surface area contributed by atoms with Crippen LogP contribution in [0.2, 0.25) is 5.02 Å². The van der Waals surface area contributed by atoms with Crippen molar-refractivity contribution >= 4 is 39.4 Å². The Labute approximate surface area is 180 Å². The Morgan fingerprint density at radius 1 is 1.23 bits per heavy atom. The highest BCUT2D eigenvalue weighted by Gasteiger charge is 2.33. The molecule has 0 aromatic heterocycles. The number of anilines is 1. The largest absolute Gasteiger partial charge is 0.454 e. The summed E-state index contributed by atoms with van der Waals surface area (Å²) in [5.74, 6) is 0.163. The fourth-order valence-electron chi connectivity index (χ4n) is 2.60. The van der Waals surface area contributed by atoms with Gasteiger partial charge in [-0.15, -0.1) is 0 Å². The number of hydrazone groups is 1. The van der Waals surface area contributed by atoms with Crippen molar-refractivity contribution in [3.63, 3.8) is 0 Å². The first-order valence-electron chi connectivity index (χ1n) is 8.51. The molecule has 0 saturated heterocycles. The molecule has 0 bridgehead atoms. The molecule has 3 rings (SSSR count). The summed E-state index contributed by atoms with van der Waals surface area (Å²) in [5, 5.41) is 3.45. The van der Waals surface area contributed by atoms with E-state index < -0.39 is 39.9 Å². The van der Waals surface area contributed by atoms with Crippen LogP contribution < -0.4 is 19.2 Å². The van der Waals surface area contributed by atoms with Crippen LogP contribution in [0.3, 0.4) is 0 Å². The number of benzene rings is 2. The van der Waals surface area contributed by atoms with Gasteiger partial charge in [-0.25, -0.2) is 13.8 Å². The third kappa shape index (κ3) is 5.58. The van der Waals surface area contributed by atoms with E-state index in [0.29, 0.717) is 33.5 Å². The van der Waals surface area contributed by atoms with Crippen molar-refractivity contribution in [2.45, 2.75) is 6.18 Å². The smallest absolute Gasteiger partial charge is 0.416 e. The summed E-state index contributed by atoms with van der Waals surface area (Å²) < 4.78 is 74.1. The second-order valence-corrected chi connectivity index (χ2v) is 8.65. The zero-order valence-corrected chi connectivity index (χ0v) is 17.4. The predicted molar refractivity (Wildman–Crippen MR) is 107 cm³/mol. The Bertz CT molecular complexity index is 1140. The van der Waals surface area contributed by atoms with Crippen molar-refractivity contribution in [1.29, 1.82) is 0 Å². The van der Waals surface area contributed by atoms with E-state index in [4.69, 9.17) is 21.1 Å². The summed E-state index contributed by atoms with van der Waals surface area (Å²) in [6, 6.07) is 7.09. The number of carbonyl (C=O) groups excluding carboxylic acids is 1. The van der Waals surface area contributed by atoms with Crippen LogP contribution in [0.15, 0.2) is 41.5 Å². The lowest BCUT2D eigenvalue weighted by molar-refractivity contribution is -0.137. The minimum Gasteiger partial charge on any atom is -0.454 e. The minimum atomic E-state index is -4.72. The molecule has 0 atom stereocenters. The van der Waals surface area contributed by atoms with Crippen LogP contribution in [-0.4, -0.2) is 40.1 Å². The van der Waals surface area contributed by atoms with Crippen LogP contribution in [0.4, 0.5) is 18.9 Å². The van der Waals surface area contributed by atoms with E-state index in [1.54, 1.807) is 18.2 Å². The van der Waals surface area contributed by atoms with E-state index in [-0.39, 0.29) is 11.8 Å². The van der Waals surface area contributed by atoms with E-state index >= 15 is 0 Å². The Hall–Kier alpha value is -2.99. The highest BCUT2D eigenvalue weighted by atomic mass is 35.5. The number of rotatable bonds is 6. The molecule has 8 nitrogen and oxygen atoms in total. The van der Waals surface area contributed by atoms with Crippen molar-refractivity contribution in [3.8, 4) is 11.5 Å². The van der Waals surface area contributed by atoms with Gasteiger partial charge in [-0.1, -0.05) is 11.6 Å². The Morgan fingerprint density at radius 3 is 2.61 bits per heavy atom. The minimum absolute atomic E-state index is 0.0894. The first-order chi connectivity index (χ1) is 14.4. The van der Waals surface area contributed by atoms with Gasteiger partial charge in [0, 0.05) is 0 Å². The van der Waals surface area contributed by atoms with E-state index in [0.717, 1.165) is 12.3 Å². The SMILES string of the molecule is CS(=O)(=O)N(CC(=O)N/N=C\c1ccc2c(c1)OCO2)c1cc(C(F)(F)F)ccc1Cl. The van der Waals surface area contributed by atoms with Gasteiger partial charge in [0.1, 0.15) is 6.54 Å². The molecule has 1 aliphatic rings. The normalized spacial score (nSPS) is 13.5. The lowest BCUT2D eigenvalue weighted by Gasteiger charge is -2.23. The van der Waals surface area contributed by atoms with Gasteiger partial charge in [-0.2, -0.15) is 18.3 Å². The van der Waals surface area contributed by atoms with E-state index in [1.165, 1.54) is 6.21 Å². The molecule has 1 amide bonds. The Morgan fingerprint density at radius 2 is 1.94 bits per heavy atom. The van der Waals surface area contributed by atoms with Gasteiger partial charge in [0.25, 0.3) is 5.91 Å². The molecular weight excluding hydrogens is 463 g/mol. The summed E-state index contributed by atoms with van der Waals surface area (Å²) in [5.41, 5.74) is 1.10. The molecule has 2 aromatic carbocycles. The number of hydrogen-bond donors (Lipinski definition) is 1. The summed E-state index contributed by atoms with van der Waals surface area (Å²) in [4.78, 5) is 12.2. The molecule has 2 aromatic rings. The standard InChI is InChI=1S/C18H15ClF3N3O5S/c1-31(27,28)25(14-7-12(18(20,21)22)3-4-13(14)19)9-17(26)24-23-8-11-2-5-15-16(6-11)30-10-29-15/h2-8H,9-10H2,1H3,(H,24,26)/b23-8-. The molecule has 0 radical (unpaired) electrons. The maximum absolute atomic E-state index is 13.0. The van der Waals surface area contributed by atoms with Crippen molar-refractivity contribution in [2.75, 3.05) is 23.9 Å². The molecule has 0 fully saturated rings. The molecule has 1 heterocycles. The van der Waals surface area contributed by atoms with Crippen LogP contribution in [0.5, 0.6) is 11.5 Å². The van der Waals surface area contributed by atoms with Gasteiger partial charge in [0.05, 0.1) is 28.7 Å². The van der Waals surface area contributed by atoms with Crippen molar-refractivity contribution < 1.29 is 35.9 Å². The van der Waals surface area contributed by atoms with E-state index in [2.05, 4.69) is 10.5 Å². The quantitative estimate of drug-likeness (QED) is 0.509. The molecule has 0 spiro atoms. The molecule has 13 heteroatoms. The topological polar surface area (TPSA) is 97.3 Å². The maximum Gasteiger partial charge on any atom is 0.416 e. The summed E-state index contributed by atoms with van der Waals surface area (Å²) in [7, 11) is -4.14. The second kappa shape index (κ2) is 8.63. The first-order valence-corrected chi connectivity index (χ1v) is 10.7. The van der Waals surface area contributed by atoms with Crippen LogP contribution in [0.1, 0.15) is 11.1 Å². The maximum atomic E-state index is 13.0. The van der Waals surface area contributed by atoms with Crippen LogP contribution in [0.25, 0.3) is 0 Å². The molecule has 1 N–H and O–H groups in total. The number of carbonyl (C=O) groups is 1. The van der Waals surface area contributed by atoms with Crippen molar-refractivity contribution in [2.24, 2.45) is 5.10 Å². The third-order valence-corrected chi connectivity index (χ3v) is 5.48. The monoisotopic (exact) mass is 477 g/mol. The van der Waals surface area contributed by atoms with Gasteiger partial charge in [-0.05, 0) is 42.0 Å². The molecule has 31 heavy (non-hydrogen) atoms. The lowest BCUT2D eigenvalue weighted by Crippen LogP contribution is -2.39. The second-order valence-electron chi connectivity index (χ2n) is 6.34. The van der Waals surface area contributed by atoms with Gasteiger partial charge >= 0.3 is 6.18 Å². The van der Waals surface area contributed by atoms with Crippen LogP contribution in [0, 0.1) is 0 Å². The Kier molecular flexibility index (Phi) is 6.32. The number of sulfonamides is 1. The number of halogens is 4. The average molecular weight is 478 g/mol. The zero-order valence-electron chi connectivity index (χ0n) is 15.8. The summed E-state index contributed by atoms with van der Waals surface area (Å²) in [6.45, 7) is -0.746. The van der Waals surface area contributed by atoms with Gasteiger partial charge in [0.15, 0.2) is 11.5 Å². The number of nitrogens with zero attached hydrogens (tertiary/aromatic N) is 2. The highest BCUT2D eigenvalue weighted by molar-refractivity contribution is 7.92. The van der Waals surface area contributed by atoms with Crippen molar-refractivity contribution in [3.05, 3.63) is 52.5 Å².